The summed E-state index contributed by atoms with van der Waals surface area (Å²) in [5, 5.41) is 0. The molecule has 0 bridgehead atoms. The van der Waals surface area contributed by atoms with E-state index in [9.17, 15) is 9.59 Å². The predicted octanol–water partition coefficient (Wildman–Crippen LogP) is 3.07. The van der Waals surface area contributed by atoms with Crippen molar-refractivity contribution in [3.05, 3.63) is 28.8 Å². The lowest BCUT2D eigenvalue weighted by Crippen LogP contribution is -2.25. The molecule has 0 amide bonds. The third kappa shape index (κ3) is 3.16. The highest BCUT2D eigenvalue weighted by Crippen LogP contribution is 2.25. The van der Waals surface area contributed by atoms with Gasteiger partial charge in [-0.05, 0) is 51.8 Å². The molecule has 0 aromatic heterocycles. The maximum Gasteiger partial charge on any atom is 0.316 e. The van der Waals surface area contributed by atoms with Gasteiger partial charge in [-0.2, -0.15) is 0 Å². The summed E-state index contributed by atoms with van der Waals surface area (Å²) in [4.78, 5) is 22.6. The van der Waals surface area contributed by atoms with Gasteiger partial charge in [-0.15, -0.1) is 0 Å². The van der Waals surface area contributed by atoms with Crippen LogP contribution in [0.1, 0.15) is 42.3 Å². The Morgan fingerprint density at radius 3 is 2.24 bits per heavy atom. The quantitative estimate of drug-likeness (QED) is 0.448. The Morgan fingerprint density at radius 2 is 1.76 bits per heavy atom. The fourth-order valence-electron chi connectivity index (χ4n) is 1.34. The van der Waals surface area contributed by atoms with Crippen LogP contribution < -0.4 is 4.74 Å². The lowest BCUT2D eigenvalue weighted by molar-refractivity contribution is -0.143. The van der Waals surface area contributed by atoms with Crippen LogP contribution in [0.2, 0.25) is 0 Å². The molecule has 0 fully saturated rings. The van der Waals surface area contributed by atoms with Gasteiger partial charge in [-0.25, -0.2) is 0 Å². The second kappa shape index (κ2) is 4.70. The molecule has 3 heteroatoms. The summed E-state index contributed by atoms with van der Waals surface area (Å²) < 4.78 is 5.31. The lowest BCUT2D eigenvalue weighted by atomic mass is 9.97. The van der Waals surface area contributed by atoms with Crippen LogP contribution in [0.25, 0.3) is 0 Å². The van der Waals surface area contributed by atoms with Gasteiger partial charge in [0.15, 0.2) is 0 Å². The Bertz CT molecular complexity index is 453. The number of rotatable bonds is 2. The number of hydrogen-bond acceptors (Lipinski definition) is 3. The zero-order valence-electron chi connectivity index (χ0n) is 11.0. The summed E-state index contributed by atoms with van der Waals surface area (Å²) in [6.07, 6.45) is 0.767. The monoisotopic (exact) mass is 234 g/mol. The third-order valence-corrected chi connectivity index (χ3v) is 2.51. The Morgan fingerprint density at radius 1 is 1.18 bits per heavy atom. The van der Waals surface area contributed by atoms with E-state index >= 15 is 0 Å². The first-order valence-electron chi connectivity index (χ1n) is 5.54. The van der Waals surface area contributed by atoms with Gasteiger partial charge in [-0.1, -0.05) is 6.07 Å². The number of hydrogen-bond donors (Lipinski definition) is 0. The number of carbonyl (C=O) groups is 2. The second-order valence-corrected chi connectivity index (χ2v) is 5.23. The Labute approximate surface area is 102 Å². The van der Waals surface area contributed by atoms with Gasteiger partial charge in [0.25, 0.3) is 0 Å². The molecule has 0 aliphatic carbocycles. The molecule has 0 aliphatic heterocycles. The number of carbonyl (C=O) groups excluding carboxylic acids is 2. The largest absolute Gasteiger partial charge is 0.426 e. The summed E-state index contributed by atoms with van der Waals surface area (Å²) in [6.45, 7) is 9.08. The van der Waals surface area contributed by atoms with E-state index in [0.717, 1.165) is 17.4 Å². The van der Waals surface area contributed by atoms with Gasteiger partial charge in [0.1, 0.15) is 12.0 Å². The van der Waals surface area contributed by atoms with E-state index in [4.69, 9.17) is 4.74 Å². The number of benzene rings is 1. The molecule has 0 N–H and O–H groups in total. The van der Waals surface area contributed by atoms with Crippen LogP contribution in [-0.4, -0.2) is 12.3 Å². The first-order valence-corrected chi connectivity index (χ1v) is 5.54. The molecular formula is C14H18O3. The molecule has 92 valence electrons. The first-order chi connectivity index (χ1) is 7.75. The summed E-state index contributed by atoms with van der Waals surface area (Å²) in [6, 6.07) is 3.45. The smallest absolute Gasteiger partial charge is 0.316 e. The van der Waals surface area contributed by atoms with Crippen molar-refractivity contribution in [1.82, 2.24) is 0 Å². The molecule has 3 nitrogen and oxygen atoms in total. The van der Waals surface area contributed by atoms with Crippen molar-refractivity contribution in [2.45, 2.75) is 34.6 Å². The van der Waals surface area contributed by atoms with Crippen LogP contribution in [0.4, 0.5) is 0 Å². The molecule has 17 heavy (non-hydrogen) atoms. The minimum Gasteiger partial charge on any atom is -0.426 e. The van der Waals surface area contributed by atoms with Crippen LogP contribution in [0.5, 0.6) is 5.75 Å². The van der Waals surface area contributed by atoms with E-state index in [1.165, 1.54) is 0 Å². The Balaban J connectivity index is 3.07. The zero-order chi connectivity index (χ0) is 13.2. The third-order valence-electron chi connectivity index (χ3n) is 2.51. The van der Waals surface area contributed by atoms with Crippen molar-refractivity contribution in [3.63, 3.8) is 0 Å². The van der Waals surface area contributed by atoms with Gasteiger partial charge in [0.2, 0.25) is 0 Å². The fraction of sp³-hybridized carbons (Fsp3) is 0.429. The molecule has 1 aromatic carbocycles. The number of aldehydes is 1. The Kier molecular flexibility index (Phi) is 3.71. The Hall–Kier alpha value is -1.64. The van der Waals surface area contributed by atoms with Gasteiger partial charge >= 0.3 is 5.97 Å². The van der Waals surface area contributed by atoms with Crippen LogP contribution in [0.3, 0.4) is 0 Å². The van der Waals surface area contributed by atoms with Crippen molar-refractivity contribution in [2.24, 2.45) is 5.41 Å². The molecule has 0 radical (unpaired) electrons. The molecule has 0 heterocycles. The number of esters is 1. The molecule has 0 atom stereocenters. The standard InChI is InChI=1S/C14H18O3/c1-9-6-10(2)12(7-11(9)8-15)17-13(16)14(3,4)5/h6-8H,1-5H3. The van der Waals surface area contributed by atoms with Crippen molar-refractivity contribution in [3.8, 4) is 5.75 Å². The number of ether oxygens (including phenoxy) is 1. The highest BCUT2D eigenvalue weighted by Gasteiger charge is 2.24. The molecule has 0 saturated heterocycles. The van der Waals surface area contributed by atoms with Gasteiger partial charge < -0.3 is 4.74 Å². The second-order valence-electron chi connectivity index (χ2n) is 5.23. The SMILES string of the molecule is Cc1cc(C)c(OC(=O)C(C)(C)C)cc1C=O. The van der Waals surface area contributed by atoms with E-state index in [-0.39, 0.29) is 5.97 Å². The van der Waals surface area contributed by atoms with Gasteiger partial charge in [0, 0.05) is 5.56 Å². The first kappa shape index (κ1) is 13.4. The molecule has 1 aromatic rings. The molecule has 0 unspecified atom stereocenters. The highest BCUT2D eigenvalue weighted by atomic mass is 16.5. The molecule has 0 spiro atoms. The average Bonchev–Trinajstić information content (AvgIpc) is 2.20. The lowest BCUT2D eigenvalue weighted by Gasteiger charge is -2.18. The maximum absolute atomic E-state index is 11.8. The topological polar surface area (TPSA) is 43.4 Å². The summed E-state index contributed by atoms with van der Waals surface area (Å²) in [5.74, 6) is 0.152. The normalized spacial score (nSPS) is 11.1. The number of aryl methyl sites for hydroxylation is 2. The molecule has 0 aliphatic rings. The van der Waals surface area contributed by atoms with Crippen LogP contribution >= 0.6 is 0 Å². The highest BCUT2D eigenvalue weighted by molar-refractivity contribution is 5.81. The maximum atomic E-state index is 11.8. The van der Waals surface area contributed by atoms with E-state index in [2.05, 4.69) is 0 Å². The van der Waals surface area contributed by atoms with E-state index in [1.54, 1.807) is 26.8 Å². The van der Waals surface area contributed by atoms with Crippen molar-refractivity contribution in [2.75, 3.05) is 0 Å². The van der Waals surface area contributed by atoms with E-state index in [1.807, 2.05) is 19.9 Å². The average molecular weight is 234 g/mol. The van der Waals surface area contributed by atoms with Crippen LogP contribution in [-0.2, 0) is 4.79 Å². The molecule has 0 saturated carbocycles. The van der Waals surface area contributed by atoms with Crippen molar-refractivity contribution < 1.29 is 14.3 Å². The summed E-state index contributed by atoms with van der Waals surface area (Å²) in [7, 11) is 0. The minimum atomic E-state index is -0.557. The zero-order valence-corrected chi connectivity index (χ0v) is 11.0. The summed E-state index contributed by atoms with van der Waals surface area (Å²) >= 11 is 0. The summed E-state index contributed by atoms with van der Waals surface area (Å²) in [5.41, 5.74) is 1.73. The minimum absolute atomic E-state index is 0.304. The van der Waals surface area contributed by atoms with Crippen LogP contribution in [0, 0.1) is 19.3 Å². The van der Waals surface area contributed by atoms with Crippen LogP contribution in [0.15, 0.2) is 12.1 Å². The van der Waals surface area contributed by atoms with E-state index < -0.39 is 5.41 Å². The molecule has 1 rings (SSSR count). The van der Waals surface area contributed by atoms with Crippen molar-refractivity contribution >= 4 is 12.3 Å². The molecular weight excluding hydrogens is 216 g/mol. The predicted molar refractivity (Wildman–Crippen MR) is 66.4 cm³/mol. The van der Waals surface area contributed by atoms with Gasteiger partial charge in [0.05, 0.1) is 5.41 Å². The van der Waals surface area contributed by atoms with Crippen molar-refractivity contribution in [1.29, 1.82) is 0 Å². The van der Waals surface area contributed by atoms with Gasteiger partial charge in [-0.3, -0.25) is 9.59 Å². The fourth-order valence-corrected chi connectivity index (χ4v) is 1.34. The van der Waals surface area contributed by atoms with E-state index in [0.29, 0.717) is 11.3 Å².